The number of ether oxygens (including phenoxy) is 1. The van der Waals surface area contributed by atoms with Crippen molar-refractivity contribution in [3.8, 4) is 5.75 Å². The highest BCUT2D eigenvalue weighted by molar-refractivity contribution is 5.88. The minimum Gasteiger partial charge on any atom is -0.494 e. The van der Waals surface area contributed by atoms with Crippen molar-refractivity contribution in [1.29, 1.82) is 0 Å². The average molecular weight is 260 g/mol. The lowest BCUT2D eigenvalue weighted by Gasteiger charge is -2.13. The predicted molar refractivity (Wildman–Crippen MR) is 73.3 cm³/mol. The first kappa shape index (κ1) is 13.1. The third kappa shape index (κ3) is 2.45. The summed E-state index contributed by atoms with van der Waals surface area (Å²) < 4.78 is 7.32. The molecule has 2 aromatic rings. The summed E-state index contributed by atoms with van der Waals surface area (Å²) in [5, 5.41) is 8.73. The number of aliphatic carboxylic acids is 1. The summed E-state index contributed by atoms with van der Waals surface area (Å²) in [4.78, 5) is 15.1. The largest absolute Gasteiger partial charge is 0.494 e. The Labute approximate surface area is 111 Å². The van der Waals surface area contributed by atoms with E-state index in [0.29, 0.717) is 5.82 Å². The summed E-state index contributed by atoms with van der Waals surface area (Å²) in [7, 11) is 1.61. The molecule has 0 aliphatic heterocycles. The van der Waals surface area contributed by atoms with Crippen molar-refractivity contribution in [2.24, 2.45) is 0 Å². The summed E-state index contributed by atoms with van der Waals surface area (Å²) in [6, 6.07) is 5.76. The molecule has 1 N–H and O–H groups in total. The van der Waals surface area contributed by atoms with Gasteiger partial charge in [0.25, 0.3) is 0 Å². The zero-order valence-electron chi connectivity index (χ0n) is 11.1. The first-order chi connectivity index (χ1) is 9.04. The van der Waals surface area contributed by atoms with Crippen LogP contribution in [0.3, 0.4) is 0 Å². The molecule has 19 heavy (non-hydrogen) atoms. The fraction of sp³-hybridized carbons (Fsp3) is 0.286. The molecule has 0 saturated heterocycles. The minimum atomic E-state index is -0.991. The quantitative estimate of drug-likeness (QED) is 0.858. The van der Waals surface area contributed by atoms with Gasteiger partial charge >= 0.3 is 5.97 Å². The van der Waals surface area contributed by atoms with Crippen LogP contribution in [0.4, 0.5) is 0 Å². The molecular formula is C14H16N2O3. The zero-order chi connectivity index (χ0) is 14.0. The third-order valence-electron chi connectivity index (χ3n) is 2.81. The molecule has 5 nitrogen and oxygen atoms in total. The zero-order valence-corrected chi connectivity index (χ0v) is 11.1. The molecule has 0 amide bonds. The lowest BCUT2D eigenvalue weighted by Crippen LogP contribution is -2.04. The van der Waals surface area contributed by atoms with E-state index in [0.717, 1.165) is 22.9 Å². The van der Waals surface area contributed by atoms with Crippen LogP contribution in [-0.4, -0.2) is 27.7 Å². The van der Waals surface area contributed by atoms with Crippen molar-refractivity contribution in [3.63, 3.8) is 0 Å². The van der Waals surface area contributed by atoms with E-state index >= 15 is 0 Å². The normalized spacial score (nSPS) is 11.6. The van der Waals surface area contributed by atoms with Crippen LogP contribution >= 0.6 is 0 Å². The number of hydrogen-bond acceptors (Lipinski definition) is 3. The third-order valence-corrected chi connectivity index (χ3v) is 2.81. The number of imidazole rings is 1. The Balaban J connectivity index is 2.71. The minimum absolute atomic E-state index is 0.148. The van der Waals surface area contributed by atoms with Crippen LogP contribution in [0.5, 0.6) is 5.75 Å². The Kier molecular flexibility index (Phi) is 3.55. The van der Waals surface area contributed by atoms with Crippen LogP contribution in [0.2, 0.25) is 0 Å². The predicted octanol–water partition coefficient (Wildman–Crippen LogP) is 2.72. The van der Waals surface area contributed by atoms with E-state index in [4.69, 9.17) is 9.84 Å². The Morgan fingerprint density at radius 2 is 2.21 bits per heavy atom. The fourth-order valence-corrected chi connectivity index (χ4v) is 2.09. The van der Waals surface area contributed by atoms with Gasteiger partial charge in [-0.15, -0.1) is 0 Å². The van der Waals surface area contributed by atoms with E-state index in [-0.39, 0.29) is 6.04 Å². The maximum absolute atomic E-state index is 10.6. The number of fused-ring (bicyclic) bond motifs is 1. The van der Waals surface area contributed by atoms with Gasteiger partial charge in [-0.05, 0) is 32.1 Å². The smallest absolute Gasteiger partial charge is 0.328 e. The molecule has 1 heterocycles. The molecule has 0 fully saturated rings. The lowest BCUT2D eigenvalue weighted by molar-refractivity contribution is -0.131. The molecule has 0 aliphatic carbocycles. The molecule has 0 atom stereocenters. The number of rotatable bonds is 4. The molecule has 0 spiro atoms. The van der Waals surface area contributed by atoms with E-state index in [1.54, 1.807) is 7.11 Å². The van der Waals surface area contributed by atoms with E-state index < -0.39 is 5.97 Å². The number of methoxy groups -OCH3 is 1. The summed E-state index contributed by atoms with van der Waals surface area (Å²) in [6.07, 6.45) is 2.59. The van der Waals surface area contributed by atoms with Gasteiger partial charge in [-0.2, -0.15) is 0 Å². The van der Waals surface area contributed by atoms with Gasteiger partial charge in [-0.25, -0.2) is 9.78 Å². The molecule has 0 radical (unpaired) electrons. The number of benzene rings is 1. The first-order valence-corrected chi connectivity index (χ1v) is 6.00. The number of hydrogen-bond donors (Lipinski definition) is 1. The molecule has 0 bridgehead atoms. The monoisotopic (exact) mass is 260 g/mol. The van der Waals surface area contributed by atoms with Crippen LogP contribution in [0.1, 0.15) is 25.7 Å². The lowest BCUT2D eigenvalue weighted by atomic mass is 10.2. The molecule has 1 aromatic heterocycles. The van der Waals surface area contributed by atoms with E-state index in [1.165, 1.54) is 6.08 Å². The molecule has 0 unspecified atom stereocenters. The van der Waals surface area contributed by atoms with E-state index in [9.17, 15) is 4.79 Å². The maximum Gasteiger partial charge on any atom is 0.328 e. The number of para-hydroxylation sites is 1. The summed E-state index contributed by atoms with van der Waals surface area (Å²) in [6.45, 7) is 4.04. The standard InChI is InChI=1S/C14H16N2O3/c1-9(2)16-12(7-8-13(17)18)15-10-5-4-6-11(19-3)14(10)16/h4-9H,1-3H3,(H,17,18)/b8-7+. The number of carboxylic acid groups (broad SMARTS) is 1. The van der Waals surface area contributed by atoms with Crippen LogP contribution in [-0.2, 0) is 4.79 Å². The van der Waals surface area contributed by atoms with Crippen LogP contribution in [0.25, 0.3) is 17.1 Å². The number of carbonyl (C=O) groups is 1. The van der Waals surface area contributed by atoms with Gasteiger partial charge in [0, 0.05) is 12.1 Å². The fourth-order valence-electron chi connectivity index (χ4n) is 2.09. The highest BCUT2D eigenvalue weighted by Crippen LogP contribution is 2.29. The van der Waals surface area contributed by atoms with Crippen LogP contribution in [0.15, 0.2) is 24.3 Å². The second-order valence-electron chi connectivity index (χ2n) is 4.43. The molecule has 2 rings (SSSR count). The van der Waals surface area contributed by atoms with E-state index in [2.05, 4.69) is 4.98 Å². The van der Waals surface area contributed by atoms with Gasteiger partial charge in [0.1, 0.15) is 17.1 Å². The summed E-state index contributed by atoms with van der Waals surface area (Å²) in [5.74, 6) is 0.347. The number of aromatic nitrogens is 2. The van der Waals surface area contributed by atoms with Crippen LogP contribution in [0, 0.1) is 0 Å². The Morgan fingerprint density at radius 3 is 2.79 bits per heavy atom. The molecule has 1 aromatic carbocycles. The number of nitrogens with zero attached hydrogens (tertiary/aromatic N) is 2. The second kappa shape index (κ2) is 5.14. The van der Waals surface area contributed by atoms with Gasteiger partial charge in [-0.1, -0.05) is 6.07 Å². The molecule has 0 saturated carbocycles. The average Bonchev–Trinajstić information content (AvgIpc) is 2.74. The van der Waals surface area contributed by atoms with Crippen LogP contribution < -0.4 is 4.74 Å². The summed E-state index contributed by atoms with van der Waals surface area (Å²) in [5.41, 5.74) is 1.67. The SMILES string of the molecule is COc1cccc2nc(/C=C/C(=O)O)n(C(C)C)c12. The van der Waals surface area contributed by atoms with Gasteiger partial charge in [0.2, 0.25) is 0 Å². The van der Waals surface area contributed by atoms with Gasteiger partial charge < -0.3 is 14.4 Å². The van der Waals surface area contributed by atoms with Crippen molar-refractivity contribution < 1.29 is 14.6 Å². The van der Waals surface area contributed by atoms with Gasteiger partial charge in [0.05, 0.1) is 12.6 Å². The maximum atomic E-state index is 10.6. The van der Waals surface area contributed by atoms with Crippen molar-refractivity contribution >= 4 is 23.1 Å². The molecular weight excluding hydrogens is 244 g/mol. The Bertz CT molecular complexity index is 641. The highest BCUT2D eigenvalue weighted by Gasteiger charge is 2.15. The van der Waals surface area contributed by atoms with Crippen molar-refractivity contribution in [2.75, 3.05) is 7.11 Å². The van der Waals surface area contributed by atoms with Gasteiger partial charge in [-0.3, -0.25) is 0 Å². The van der Waals surface area contributed by atoms with E-state index in [1.807, 2.05) is 36.6 Å². The molecule has 0 aliphatic rings. The molecule has 100 valence electrons. The Morgan fingerprint density at radius 1 is 1.47 bits per heavy atom. The van der Waals surface area contributed by atoms with Crippen molar-refractivity contribution in [1.82, 2.24) is 9.55 Å². The van der Waals surface area contributed by atoms with Crippen molar-refractivity contribution in [3.05, 3.63) is 30.1 Å². The number of carboxylic acids is 1. The second-order valence-corrected chi connectivity index (χ2v) is 4.43. The topological polar surface area (TPSA) is 64.3 Å². The van der Waals surface area contributed by atoms with Crippen molar-refractivity contribution in [2.45, 2.75) is 19.9 Å². The summed E-state index contributed by atoms with van der Waals surface area (Å²) >= 11 is 0. The highest BCUT2D eigenvalue weighted by atomic mass is 16.5. The Hall–Kier alpha value is -2.30. The molecule has 5 heteroatoms. The first-order valence-electron chi connectivity index (χ1n) is 6.00. The van der Waals surface area contributed by atoms with Gasteiger partial charge in [0.15, 0.2) is 0 Å².